The maximum Gasteiger partial charge on any atom is 0.274 e. The molecule has 0 radical (unpaired) electrons. The number of nitrogens with zero attached hydrogens (tertiary/aromatic N) is 6. The van der Waals surface area contributed by atoms with Crippen molar-refractivity contribution in [3.63, 3.8) is 0 Å². The highest BCUT2D eigenvalue weighted by atomic mass is 32.1. The Hall–Kier alpha value is -1.96. The number of carbonyl (C=O) groups excluding carboxylic acids is 1. The second-order valence-corrected chi connectivity index (χ2v) is 7.33. The normalized spacial score (nSPS) is 16.0. The molecular formula is C16H24N6OS. The van der Waals surface area contributed by atoms with Gasteiger partial charge in [0.2, 0.25) is 5.13 Å². The van der Waals surface area contributed by atoms with Gasteiger partial charge in [0.15, 0.2) is 0 Å². The molecule has 1 saturated heterocycles. The topological polar surface area (TPSA) is 67.2 Å². The lowest BCUT2D eigenvalue weighted by molar-refractivity contribution is 0.0702. The minimum Gasteiger partial charge on any atom is -0.347 e. The highest BCUT2D eigenvalue weighted by Gasteiger charge is 2.28. The lowest BCUT2D eigenvalue weighted by Crippen LogP contribution is -2.45. The maximum absolute atomic E-state index is 12.5. The summed E-state index contributed by atoms with van der Waals surface area (Å²) < 4.78 is 6.09. The Labute approximate surface area is 146 Å². The molecule has 3 heterocycles. The van der Waals surface area contributed by atoms with E-state index in [-0.39, 0.29) is 11.9 Å². The number of hydrogen-bond donors (Lipinski definition) is 0. The summed E-state index contributed by atoms with van der Waals surface area (Å²) in [4.78, 5) is 21.2. The van der Waals surface area contributed by atoms with Gasteiger partial charge in [-0.1, -0.05) is 13.8 Å². The monoisotopic (exact) mass is 348 g/mol. The van der Waals surface area contributed by atoms with Gasteiger partial charge in [0.05, 0.1) is 0 Å². The Morgan fingerprint density at radius 3 is 2.62 bits per heavy atom. The zero-order valence-corrected chi connectivity index (χ0v) is 15.5. The highest BCUT2D eigenvalue weighted by molar-refractivity contribution is 7.09. The molecule has 0 aromatic carbocycles. The lowest BCUT2D eigenvalue weighted by Gasteiger charge is -2.36. The minimum absolute atomic E-state index is 0.00735. The molecule has 1 fully saturated rings. The summed E-state index contributed by atoms with van der Waals surface area (Å²) in [6, 6.07) is 2.01. The van der Waals surface area contributed by atoms with Gasteiger partial charge in [-0.15, -0.1) is 0 Å². The van der Waals surface area contributed by atoms with Gasteiger partial charge in [-0.05, 0) is 18.9 Å². The van der Waals surface area contributed by atoms with E-state index in [1.54, 1.807) is 16.9 Å². The Kier molecular flexibility index (Phi) is 4.84. The van der Waals surface area contributed by atoms with Crippen molar-refractivity contribution in [3.8, 4) is 0 Å². The quantitative estimate of drug-likeness (QED) is 0.847. The van der Waals surface area contributed by atoms with Crippen LogP contribution in [0.15, 0.2) is 12.3 Å². The van der Waals surface area contributed by atoms with Gasteiger partial charge in [0.25, 0.3) is 5.91 Å². The Balaban J connectivity index is 1.58. The van der Waals surface area contributed by atoms with E-state index in [0.717, 1.165) is 36.9 Å². The van der Waals surface area contributed by atoms with Crippen LogP contribution < -0.4 is 4.90 Å². The van der Waals surface area contributed by atoms with Crippen LogP contribution in [0.2, 0.25) is 0 Å². The van der Waals surface area contributed by atoms with Crippen LogP contribution in [0, 0.1) is 0 Å². The second kappa shape index (κ2) is 6.88. The van der Waals surface area contributed by atoms with Crippen LogP contribution in [0.1, 0.15) is 48.9 Å². The van der Waals surface area contributed by atoms with Crippen molar-refractivity contribution in [2.75, 3.05) is 25.0 Å². The van der Waals surface area contributed by atoms with E-state index in [1.165, 1.54) is 11.5 Å². The molecule has 0 saturated carbocycles. The van der Waals surface area contributed by atoms with E-state index < -0.39 is 0 Å². The molecule has 2 aromatic rings. The molecule has 0 unspecified atom stereocenters. The molecule has 3 rings (SSSR count). The Bertz CT molecular complexity index is 701. The van der Waals surface area contributed by atoms with E-state index in [0.29, 0.717) is 11.6 Å². The number of anilines is 1. The van der Waals surface area contributed by atoms with E-state index in [4.69, 9.17) is 0 Å². The molecule has 8 heteroatoms. The fourth-order valence-electron chi connectivity index (χ4n) is 2.91. The molecular weight excluding hydrogens is 324 g/mol. The molecule has 7 nitrogen and oxygen atoms in total. The van der Waals surface area contributed by atoms with Crippen molar-refractivity contribution in [1.29, 1.82) is 0 Å². The molecule has 130 valence electrons. The number of carbonyl (C=O) groups is 1. The number of aromatic nitrogens is 4. The fourth-order valence-corrected chi connectivity index (χ4v) is 3.77. The van der Waals surface area contributed by atoms with Gasteiger partial charge in [0.1, 0.15) is 11.5 Å². The largest absolute Gasteiger partial charge is 0.347 e. The van der Waals surface area contributed by atoms with Crippen molar-refractivity contribution in [3.05, 3.63) is 23.8 Å². The number of hydrogen-bond acceptors (Lipinski definition) is 6. The number of rotatable bonds is 4. The van der Waals surface area contributed by atoms with Crippen LogP contribution in [-0.4, -0.2) is 56.1 Å². The van der Waals surface area contributed by atoms with Gasteiger partial charge < -0.3 is 9.80 Å². The smallest absolute Gasteiger partial charge is 0.274 e. The predicted molar refractivity (Wildman–Crippen MR) is 94.5 cm³/mol. The third-order valence-electron chi connectivity index (χ3n) is 4.48. The number of aryl methyl sites for hydroxylation is 1. The van der Waals surface area contributed by atoms with Gasteiger partial charge >= 0.3 is 0 Å². The molecule has 0 spiro atoms. The summed E-state index contributed by atoms with van der Waals surface area (Å²) in [5.41, 5.74) is 0.508. The SMILES string of the molecule is CC(C)c1nsc(N2CCC(N(C)C(=O)c3ccn(C)n3)CC2)n1. The summed E-state index contributed by atoms with van der Waals surface area (Å²) in [6.45, 7) is 6.01. The third-order valence-corrected chi connectivity index (χ3v) is 5.27. The average molecular weight is 348 g/mol. The van der Waals surface area contributed by atoms with Gasteiger partial charge in [-0.3, -0.25) is 9.48 Å². The zero-order valence-electron chi connectivity index (χ0n) is 14.6. The van der Waals surface area contributed by atoms with Crippen LogP contribution in [0.5, 0.6) is 0 Å². The number of piperidine rings is 1. The van der Waals surface area contributed by atoms with Crippen molar-refractivity contribution in [2.45, 2.75) is 38.6 Å². The van der Waals surface area contributed by atoms with Crippen LogP contribution >= 0.6 is 11.5 Å². The van der Waals surface area contributed by atoms with E-state index in [9.17, 15) is 4.79 Å². The van der Waals surface area contributed by atoms with E-state index >= 15 is 0 Å². The first-order valence-electron chi connectivity index (χ1n) is 8.31. The highest BCUT2D eigenvalue weighted by Crippen LogP contribution is 2.26. The van der Waals surface area contributed by atoms with Crippen molar-refractivity contribution < 1.29 is 4.79 Å². The predicted octanol–water partition coefficient (Wildman–Crippen LogP) is 2.14. The number of amides is 1. The molecule has 1 amide bonds. The minimum atomic E-state index is -0.00735. The summed E-state index contributed by atoms with van der Waals surface area (Å²) >= 11 is 1.47. The first-order valence-corrected chi connectivity index (χ1v) is 9.08. The summed E-state index contributed by atoms with van der Waals surface area (Å²) in [5, 5.41) is 5.20. The van der Waals surface area contributed by atoms with Gasteiger partial charge in [0, 0.05) is 56.9 Å². The molecule has 24 heavy (non-hydrogen) atoms. The fraction of sp³-hybridized carbons (Fsp3) is 0.625. The van der Waals surface area contributed by atoms with Crippen LogP contribution in [-0.2, 0) is 7.05 Å². The van der Waals surface area contributed by atoms with Crippen molar-refractivity contribution >= 4 is 22.6 Å². The molecule has 1 aliphatic heterocycles. The van der Waals surface area contributed by atoms with Gasteiger partial charge in [-0.25, -0.2) is 4.98 Å². The third kappa shape index (κ3) is 3.43. The molecule has 0 atom stereocenters. The summed E-state index contributed by atoms with van der Waals surface area (Å²) in [7, 11) is 3.70. The summed E-state index contributed by atoms with van der Waals surface area (Å²) in [6.07, 6.45) is 3.67. The van der Waals surface area contributed by atoms with Gasteiger partial charge in [-0.2, -0.15) is 9.47 Å². The second-order valence-electron chi connectivity index (χ2n) is 6.60. The molecule has 2 aromatic heterocycles. The van der Waals surface area contributed by atoms with E-state index in [2.05, 4.69) is 33.2 Å². The Morgan fingerprint density at radius 2 is 2.08 bits per heavy atom. The average Bonchev–Trinajstić information content (AvgIpc) is 3.23. The first kappa shape index (κ1) is 16.9. The Morgan fingerprint density at radius 1 is 1.38 bits per heavy atom. The van der Waals surface area contributed by atoms with Crippen molar-refractivity contribution in [1.82, 2.24) is 24.0 Å². The maximum atomic E-state index is 12.5. The van der Waals surface area contributed by atoms with Crippen LogP contribution in [0.25, 0.3) is 0 Å². The molecule has 0 N–H and O–H groups in total. The molecule has 0 aliphatic carbocycles. The first-order chi connectivity index (χ1) is 11.5. The van der Waals surface area contributed by atoms with Crippen molar-refractivity contribution in [2.24, 2.45) is 7.05 Å². The zero-order chi connectivity index (χ0) is 17.3. The molecule has 0 bridgehead atoms. The standard InChI is InChI=1S/C16H24N6OS/c1-11(2)14-17-16(24-19-14)22-9-5-12(6-10-22)21(4)15(23)13-7-8-20(3)18-13/h7-8,11-12H,5-6,9-10H2,1-4H3. The lowest BCUT2D eigenvalue weighted by atomic mass is 10.0. The molecule has 1 aliphatic rings. The summed E-state index contributed by atoms with van der Waals surface area (Å²) in [5.74, 6) is 1.27. The van der Waals surface area contributed by atoms with E-state index in [1.807, 2.05) is 19.0 Å². The van der Waals surface area contributed by atoms with Crippen LogP contribution in [0.3, 0.4) is 0 Å². The van der Waals surface area contributed by atoms with Crippen LogP contribution in [0.4, 0.5) is 5.13 Å².